The highest BCUT2D eigenvalue weighted by Gasteiger charge is 2.55. The van der Waals surface area contributed by atoms with E-state index in [4.69, 9.17) is 52.9 Å². The summed E-state index contributed by atoms with van der Waals surface area (Å²) >= 11 is 0. The monoisotopic (exact) mass is 993 g/mol. The number of azide groups is 1. The van der Waals surface area contributed by atoms with Gasteiger partial charge in [0.2, 0.25) is 0 Å². The molecule has 1 N–H and O–H groups in total. The number of hydrogen-bond donors (Lipinski definition) is 1. The van der Waals surface area contributed by atoms with Gasteiger partial charge in [0.1, 0.15) is 18.3 Å². The lowest BCUT2D eigenvalue weighted by molar-refractivity contribution is -0.367. The van der Waals surface area contributed by atoms with Crippen molar-refractivity contribution in [2.75, 3.05) is 26.4 Å². The van der Waals surface area contributed by atoms with Crippen molar-refractivity contribution in [1.29, 1.82) is 0 Å². The Bertz CT molecular complexity index is 2270. The Morgan fingerprint density at radius 3 is 1.53 bits per heavy atom. The highest BCUT2D eigenvalue weighted by molar-refractivity contribution is 5.90. The summed E-state index contributed by atoms with van der Waals surface area (Å²) in [5.74, 6) is -2.51. The van der Waals surface area contributed by atoms with Gasteiger partial charge in [0.25, 0.3) is 0 Å². The summed E-state index contributed by atoms with van der Waals surface area (Å²) < 4.78 is 66.5. The largest absolute Gasteiger partial charge is 0.451 e. The molecule has 72 heavy (non-hydrogen) atoms. The molecule has 6 unspecified atom stereocenters. The van der Waals surface area contributed by atoms with Crippen LogP contribution < -0.4 is 0 Å². The van der Waals surface area contributed by atoms with Gasteiger partial charge in [-0.15, -0.1) is 0 Å². The third-order valence-electron chi connectivity index (χ3n) is 14.1. The lowest BCUT2D eigenvalue weighted by Crippen LogP contribution is -2.64. The van der Waals surface area contributed by atoms with E-state index in [-0.39, 0.29) is 43.3 Å². The van der Waals surface area contributed by atoms with E-state index in [0.29, 0.717) is 51.0 Å². The number of rotatable bonds is 24. The molecule has 3 saturated heterocycles. The lowest BCUT2D eigenvalue weighted by atomic mass is 9.82. The molecule has 3 aliphatic rings. The zero-order chi connectivity index (χ0) is 50.8. The molecule has 4 aromatic carbocycles. The van der Waals surface area contributed by atoms with Crippen LogP contribution in [0.1, 0.15) is 92.1 Å². The predicted octanol–water partition coefficient (Wildman–Crippen LogP) is 9.63. The van der Waals surface area contributed by atoms with Gasteiger partial charge in [0, 0.05) is 29.9 Å². The number of unbranched alkanes of at least 4 members (excludes halogenated alkanes) is 2. The number of carbonyl (C=O) groups excluding carboxylic acids is 2. The molecule has 0 bridgehead atoms. The fourth-order valence-electron chi connectivity index (χ4n) is 9.49. The van der Waals surface area contributed by atoms with Gasteiger partial charge < -0.3 is 52.5 Å². The van der Waals surface area contributed by atoms with Crippen LogP contribution in [0.5, 0.6) is 0 Å². The molecular weight excluding hydrogens is 923 g/mol. The molecule has 3 fully saturated rings. The second kappa shape index (κ2) is 27.7. The molecule has 0 saturated carbocycles. The van der Waals surface area contributed by atoms with Gasteiger partial charge >= 0.3 is 11.9 Å². The summed E-state index contributed by atoms with van der Waals surface area (Å²) in [5.41, 5.74) is 11.3. The van der Waals surface area contributed by atoms with Crippen molar-refractivity contribution in [3.8, 4) is 0 Å². The SMILES string of the molecule is CCC1O[C@H](O[C@@H]2C(OC(=O)c3ccccc3)[C@@H](O[C@@H]3C(OC(=O)c4ccccc4)[C@@H](OCCCCCN=[N+]=[N-])OC(COCc4ccccc4)[C@H]3C)OC(COCc3ccccc3)[C@H]2C)C(O)[C@@H](C)[C@@H]1C. The first-order valence-electron chi connectivity index (χ1n) is 25.4. The normalized spacial score (nSPS) is 30.4. The molecular formula is C56H71N3O13. The van der Waals surface area contributed by atoms with Gasteiger partial charge in [-0.3, -0.25) is 0 Å². The summed E-state index contributed by atoms with van der Waals surface area (Å²) in [6.07, 6.45) is -8.06. The molecule has 3 heterocycles. The van der Waals surface area contributed by atoms with Crippen LogP contribution in [0.4, 0.5) is 0 Å². The van der Waals surface area contributed by atoms with Crippen molar-refractivity contribution in [2.24, 2.45) is 28.8 Å². The van der Waals surface area contributed by atoms with Crippen LogP contribution in [0.3, 0.4) is 0 Å². The van der Waals surface area contributed by atoms with Gasteiger partial charge in [-0.25, -0.2) is 9.59 Å². The van der Waals surface area contributed by atoms with Gasteiger partial charge in [0.15, 0.2) is 31.1 Å². The fraction of sp³-hybridized carbons (Fsp3) is 0.536. The molecule has 388 valence electrons. The Labute approximate surface area is 423 Å². The van der Waals surface area contributed by atoms with Crippen LogP contribution in [0.2, 0.25) is 0 Å². The van der Waals surface area contributed by atoms with Crippen molar-refractivity contribution in [3.63, 3.8) is 0 Å². The Kier molecular flexibility index (Phi) is 21.0. The van der Waals surface area contributed by atoms with E-state index < -0.39 is 85.4 Å². The number of carbonyl (C=O) groups is 2. The second-order valence-electron chi connectivity index (χ2n) is 19.0. The molecule has 15 atom stereocenters. The highest BCUT2D eigenvalue weighted by Crippen LogP contribution is 2.40. The lowest BCUT2D eigenvalue weighted by Gasteiger charge is -2.50. The van der Waals surface area contributed by atoms with Crippen LogP contribution in [-0.2, 0) is 60.6 Å². The van der Waals surface area contributed by atoms with E-state index in [1.807, 2.05) is 88.4 Å². The highest BCUT2D eigenvalue weighted by atomic mass is 16.8. The van der Waals surface area contributed by atoms with Crippen molar-refractivity contribution in [3.05, 3.63) is 154 Å². The Hall–Kier alpha value is -5.23. The predicted molar refractivity (Wildman–Crippen MR) is 266 cm³/mol. The average Bonchev–Trinajstić information content (AvgIpc) is 3.41. The van der Waals surface area contributed by atoms with E-state index in [1.54, 1.807) is 60.7 Å². The Morgan fingerprint density at radius 1 is 0.569 bits per heavy atom. The summed E-state index contributed by atoms with van der Waals surface area (Å²) in [4.78, 5) is 31.3. The molecule has 16 heteroatoms. The zero-order valence-corrected chi connectivity index (χ0v) is 42.0. The number of esters is 2. The van der Waals surface area contributed by atoms with Gasteiger partial charge in [-0.2, -0.15) is 0 Å². The van der Waals surface area contributed by atoms with Crippen molar-refractivity contribution in [2.45, 2.75) is 141 Å². The smallest absolute Gasteiger partial charge is 0.338 e. The Morgan fingerprint density at radius 2 is 1.03 bits per heavy atom. The molecule has 3 aliphatic heterocycles. The van der Waals surface area contributed by atoms with Gasteiger partial charge in [0.05, 0.1) is 55.9 Å². The summed E-state index contributed by atoms with van der Waals surface area (Å²) in [6, 6.07) is 36.8. The first-order valence-corrected chi connectivity index (χ1v) is 25.4. The fourth-order valence-corrected chi connectivity index (χ4v) is 9.49. The van der Waals surface area contributed by atoms with Gasteiger partial charge in [-0.1, -0.05) is 143 Å². The minimum Gasteiger partial charge on any atom is -0.451 e. The van der Waals surface area contributed by atoms with Crippen LogP contribution in [0.15, 0.2) is 126 Å². The maximum absolute atomic E-state index is 14.3. The number of nitrogens with zero attached hydrogens (tertiary/aromatic N) is 3. The van der Waals surface area contributed by atoms with Crippen LogP contribution in [-0.4, -0.2) is 111 Å². The van der Waals surface area contributed by atoms with Crippen LogP contribution in [0.25, 0.3) is 10.4 Å². The number of aliphatic hydroxyl groups excluding tert-OH is 1. The van der Waals surface area contributed by atoms with Crippen LogP contribution >= 0.6 is 0 Å². The molecule has 7 rings (SSSR count). The maximum Gasteiger partial charge on any atom is 0.338 e. The zero-order valence-electron chi connectivity index (χ0n) is 42.0. The molecule has 0 aliphatic carbocycles. The Balaban J connectivity index is 1.26. The first-order chi connectivity index (χ1) is 35.1. The summed E-state index contributed by atoms with van der Waals surface area (Å²) in [6.45, 7) is 11.3. The van der Waals surface area contributed by atoms with E-state index in [9.17, 15) is 14.7 Å². The third kappa shape index (κ3) is 14.7. The number of aliphatic hydroxyl groups is 1. The minimum atomic E-state index is -1.38. The molecule has 4 aromatic rings. The summed E-state index contributed by atoms with van der Waals surface area (Å²) in [7, 11) is 0. The standard InChI is InChI=1S/C56H71N3O13/c1-6-44-36(2)37(3)47(60)54(66-44)71-49-39(5)46(35-64-33-41-24-14-8-15-25-41)68-56(51(49)70-53(62)43-28-18-10-19-29-43)72-48-38(4)45(34-63-32-40-22-12-7-13-23-40)67-55(65-31-21-11-20-30-58-59-57)50(48)69-52(61)42-26-16-9-17-27-42/h7-10,12-19,22-29,36-39,44-51,54-56,60H,6,11,20-21,30-35H2,1-5H3/t36-,37-,38+,39+,44?,45?,46?,47?,48-,49-,50?,51?,54+,55-,56+/m0/s1. The van der Waals surface area contributed by atoms with Crippen molar-refractivity contribution >= 4 is 11.9 Å². The van der Waals surface area contributed by atoms with Crippen molar-refractivity contribution in [1.82, 2.24) is 0 Å². The number of ether oxygens (including phenoxy) is 10. The average molecular weight is 994 g/mol. The molecule has 0 spiro atoms. The van der Waals surface area contributed by atoms with E-state index in [1.165, 1.54) is 0 Å². The molecule has 0 radical (unpaired) electrons. The number of benzene rings is 4. The maximum atomic E-state index is 14.3. The topological polar surface area (TPSA) is 195 Å². The molecule has 0 aromatic heterocycles. The van der Waals surface area contributed by atoms with Crippen molar-refractivity contribution < 1.29 is 62.1 Å². The third-order valence-corrected chi connectivity index (χ3v) is 14.1. The molecule has 16 nitrogen and oxygen atoms in total. The van der Waals surface area contributed by atoms with Gasteiger partial charge in [-0.05, 0) is 72.0 Å². The first kappa shape index (κ1) is 54.5. The quantitative estimate of drug-likeness (QED) is 0.0229. The van der Waals surface area contributed by atoms with E-state index in [2.05, 4.69) is 16.9 Å². The number of hydrogen-bond acceptors (Lipinski definition) is 14. The van der Waals surface area contributed by atoms with E-state index in [0.717, 1.165) is 11.1 Å². The minimum absolute atomic E-state index is 0.0435. The molecule has 0 amide bonds. The van der Waals surface area contributed by atoms with E-state index >= 15 is 0 Å². The van der Waals surface area contributed by atoms with Crippen LogP contribution in [0, 0.1) is 23.7 Å². The second-order valence-corrected chi connectivity index (χ2v) is 19.0. The summed E-state index contributed by atoms with van der Waals surface area (Å²) in [5, 5.41) is 15.4.